The lowest BCUT2D eigenvalue weighted by Gasteiger charge is -2.41. The molecule has 0 atom stereocenters. The lowest BCUT2D eigenvalue weighted by Crippen LogP contribution is -2.38. The number of aromatic nitrogens is 1. The van der Waals surface area contributed by atoms with E-state index in [0.717, 1.165) is 24.1 Å². The smallest absolute Gasteiger partial charge is 0.122 e. The normalized spacial score (nSPS) is 18.3. The van der Waals surface area contributed by atoms with Gasteiger partial charge in [-0.2, -0.15) is 5.26 Å². The highest BCUT2D eigenvalue weighted by Crippen LogP contribution is 2.43. The van der Waals surface area contributed by atoms with Crippen LogP contribution < -0.4 is 5.73 Å². The van der Waals surface area contributed by atoms with E-state index in [1.54, 1.807) is 0 Å². The van der Waals surface area contributed by atoms with Gasteiger partial charge in [0.2, 0.25) is 0 Å². The van der Waals surface area contributed by atoms with Crippen LogP contribution in [0.2, 0.25) is 0 Å². The third kappa shape index (κ3) is 1.18. The summed E-state index contributed by atoms with van der Waals surface area (Å²) >= 11 is 0. The average molecular weight is 203 g/mol. The maximum Gasteiger partial charge on any atom is 0.122 e. The molecule has 0 amide bonds. The second-order valence-corrected chi connectivity index (χ2v) is 4.77. The van der Waals surface area contributed by atoms with Gasteiger partial charge in [0.15, 0.2) is 0 Å². The maximum atomic E-state index is 9.05. The van der Waals surface area contributed by atoms with Gasteiger partial charge in [0.25, 0.3) is 0 Å². The first-order valence-corrected chi connectivity index (χ1v) is 5.39. The van der Waals surface area contributed by atoms with E-state index in [2.05, 4.69) is 24.5 Å². The predicted molar refractivity (Wildman–Crippen MR) is 60.5 cm³/mol. The van der Waals surface area contributed by atoms with Gasteiger partial charge in [-0.25, -0.2) is 0 Å². The van der Waals surface area contributed by atoms with Gasteiger partial charge in [-0.05, 0) is 45.6 Å². The number of nitriles is 1. The average Bonchev–Trinajstić information content (AvgIpc) is 2.36. The summed E-state index contributed by atoms with van der Waals surface area (Å²) in [5, 5.41) is 9.05. The zero-order valence-corrected chi connectivity index (χ0v) is 9.59. The van der Waals surface area contributed by atoms with E-state index in [4.69, 9.17) is 11.0 Å². The monoisotopic (exact) mass is 203 g/mol. The molecule has 1 aromatic rings. The quantitative estimate of drug-likeness (QED) is 0.762. The highest BCUT2D eigenvalue weighted by molar-refractivity contribution is 5.58. The van der Waals surface area contributed by atoms with E-state index in [9.17, 15) is 0 Å². The Balaban J connectivity index is 2.63. The Kier molecular flexibility index (Phi) is 2.04. The largest absolute Gasteiger partial charge is 0.384 e. The number of anilines is 1. The lowest BCUT2D eigenvalue weighted by molar-refractivity contribution is 0.169. The van der Waals surface area contributed by atoms with Gasteiger partial charge >= 0.3 is 0 Å². The van der Waals surface area contributed by atoms with Crippen LogP contribution in [0, 0.1) is 25.2 Å². The molecule has 80 valence electrons. The van der Waals surface area contributed by atoms with Crippen LogP contribution in [0.3, 0.4) is 0 Å². The molecule has 2 N–H and O–H groups in total. The minimum atomic E-state index is 0.147. The van der Waals surface area contributed by atoms with Crippen molar-refractivity contribution < 1.29 is 0 Å². The maximum absolute atomic E-state index is 9.05. The Hall–Kier alpha value is -1.43. The molecule has 0 spiro atoms. The van der Waals surface area contributed by atoms with E-state index < -0.39 is 0 Å². The molecule has 0 radical (unpaired) electrons. The molecule has 3 nitrogen and oxygen atoms in total. The van der Waals surface area contributed by atoms with E-state index in [-0.39, 0.29) is 5.54 Å². The Morgan fingerprint density at radius 2 is 2.00 bits per heavy atom. The first kappa shape index (κ1) is 10.1. The van der Waals surface area contributed by atoms with Crippen LogP contribution in [0.25, 0.3) is 0 Å². The Bertz CT molecular complexity index is 444. The van der Waals surface area contributed by atoms with Gasteiger partial charge < -0.3 is 10.3 Å². The third-order valence-electron chi connectivity index (χ3n) is 3.83. The minimum Gasteiger partial charge on any atom is -0.384 e. The van der Waals surface area contributed by atoms with Crippen molar-refractivity contribution in [3.8, 4) is 6.07 Å². The van der Waals surface area contributed by atoms with Gasteiger partial charge in [-0.15, -0.1) is 0 Å². The number of nitrogen functional groups attached to an aromatic ring is 1. The van der Waals surface area contributed by atoms with Gasteiger partial charge in [-0.1, -0.05) is 0 Å². The molecule has 1 aliphatic rings. The van der Waals surface area contributed by atoms with E-state index in [1.807, 2.05) is 6.92 Å². The standard InChI is InChI=1S/C12H17N3/c1-8-9(2)15(11(14)10(8)7-13)12(3)5-4-6-12/h4-6,14H2,1-3H3. The van der Waals surface area contributed by atoms with Crippen LogP contribution in [0.1, 0.15) is 43.0 Å². The van der Waals surface area contributed by atoms with Crippen LogP contribution in [-0.2, 0) is 5.54 Å². The van der Waals surface area contributed by atoms with Gasteiger partial charge in [-0.3, -0.25) is 0 Å². The molecule has 0 saturated heterocycles. The number of nitrogens with zero attached hydrogens (tertiary/aromatic N) is 2. The molecule has 0 bridgehead atoms. The molecule has 1 aliphatic carbocycles. The summed E-state index contributed by atoms with van der Waals surface area (Å²) in [5.41, 5.74) is 9.03. The highest BCUT2D eigenvalue weighted by atomic mass is 15.1. The molecule has 1 saturated carbocycles. The number of hydrogen-bond acceptors (Lipinski definition) is 2. The van der Waals surface area contributed by atoms with Gasteiger partial charge in [0.1, 0.15) is 11.9 Å². The first-order chi connectivity index (χ1) is 7.01. The number of nitrogens with two attached hydrogens (primary N) is 1. The molecule has 15 heavy (non-hydrogen) atoms. The third-order valence-corrected chi connectivity index (χ3v) is 3.83. The highest BCUT2D eigenvalue weighted by Gasteiger charge is 2.37. The van der Waals surface area contributed by atoms with Crippen LogP contribution >= 0.6 is 0 Å². The fourth-order valence-corrected chi connectivity index (χ4v) is 2.58. The van der Waals surface area contributed by atoms with Crippen molar-refractivity contribution in [1.29, 1.82) is 5.26 Å². The number of hydrogen-bond donors (Lipinski definition) is 1. The molecular weight excluding hydrogens is 186 g/mol. The van der Waals surface area contributed by atoms with Crippen LogP contribution in [0.15, 0.2) is 0 Å². The molecular formula is C12H17N3. The van der Waals surface area contributed by atoms with Gasteiger partial charge in [0, 0.05) is 11.2 Å². The summed E-state index contributed by atoms with van der Waals surface area (Å²) in [6.45, 7) is 6.25. The summed E-state index contributed by atoms with van der Waals surface area (Å²) in [6.07, 6.45) is 3.59. The first-order valence-electron chi connectivity index (χ1n) is 5.39. The zero-order chi connectivity index (χ0) is 11.2. The Labute approximate surface area is 90.5 Å². The fourth-order valence-electron chi connectivity index (χ4n) is 2.58. The Morgan fingerprint density at radius 3 is 2.33 bits per heavy atom. The summed E-state index contributed by atoms with van der Waals surface area (Å²) < 4.78 is 2.16. The summed E-state index contributed by atoms with van der Waals surface area (Å²) in [4.78, 5) is 0. The fraction of sp³-hybridized carbons (Fsp3) is 0.583. The second kappa shape index (κ2) is 3.03. The second-order valence-electron chi connectivity index (χ2n) is 4.77. The van der Waals surface area contributed by atoms with E-state index in [1.165, 1.54) is 6.42 Å². The van der Waals surface area contributed by atoms with Crippen molar-refractivity contribution in [2.24, 2.45) is 0 Å². The lowest BCUT2D eigenvalue weighted by atomic mass is 9.78. The molecule has 0 unspecified atom stereocenters. The zero-order valence-electron chi connectivity index (χ0n) is 9.59. The molecule has 1 aromatic heterocycles. The van der Waals surface area contributed by atoms with Crippen molar-refractivity contribution in [2.45, 2.75) is 45.6 Å². The van der Waals surface area contributed by atoms with Crippen molar-refractivity contribution >= 4 is 5.82 Å². The minimum absolute atomic E-state index is 0.147. The number of rotatable bonds is 1. The van der Waals surface area contributed by atoms with Crippen molar-refractivity contribution in [3.63, 3.8) is 0 Å². The van der Waals surface area contributed by atoms with Crippen LogP contribution in [0.4, 0.5) is 5.82 Å². The topological polar surface area (TPSA) is 54.7 Å². The summed E-state index contributed by atoms with van der Waals surface area (Å²) in [6, 6.07) is 2.20. The van der Waals surface area contributed by atoms with Crippen molar-refractivity contribution in [2.75, 3.05) is 5.73 Å². The molecule has 1 heterocycles. The van der Waals surface area contributed by atoms with Gasteiger partial charge in [0.05, 0.1) is 5.56 Å². The van der Waals surface area contributed by atoms with Crippen molar-refractivity contribution in [3.05, 3.63) is 16.8 Å². The molecule has 1 fully saturated rings. The molecule has 2 rings (SSSR count). The summed E-state index contributed by atoms with van der Waals surface area (Å²) in [7, 11) is 0. The molecule has 0 aliphatic heterocycles. The molecule has 0 aromatic carbocycles. The Morgan fingerprint density at radius 1 is 1.40 bits per heavy atom. The predicted octanol–water partition coefficient (Wildman–Crippen LogP) is 2.46. The van der Waals surface area contributed by atoms with Crippen LogP contribution in [-0.4, -0.2) is 4.57 Å². The van der Waals surface area contributed by atoms with Crippen LogP contribution in [0.5, 0.6) is 0 Å². The van der Waals surface area contributed by atoms with Crippen molar-refractivity contribution in [1.82, 2.24) is 4.57 Å². The summed E-state index contributed by atoms with van der Waals surface area (Å²) in [5.74, 6) is 0.648. The molecule has 3 heteroatoms. The van der Waals surface area contributed by atoms with E-state index in [0.29, 0.717) is 11.4 Å². The SMILES string of the molecule is Cc1c(C#N)c(N)n(C2(C)CCC2)c1C. The van der Waals surface area contributed by atoms with E-state index >= 15 is 0 Å².